The van der Waals surface area contributed by atoms with Gasteiger partial charge in [-0.05, 0) is 17.9 Å². The molecule has 7 heteroatoms. The highest BCUT2D eigenvalue weighted by atomic mass is 32.1. The molecule has 0 spiro atoms. The van der Waals surface area contributed by atoms with Gasteiger partial charge in [-0.3, -0.25) is 9.69 Å². The molecule has 0 aliphatic carbocycles. The highest BCUT2D eigenvalue weighted by Crippen LogP contribution is 2.21. The minimum atomic E-state index is 0.0630. The Balaban J connectivity index is 1.31. The zero-order chi connectivity index (χ0) is 15.6. The molecule has 122 valence electrons. The molecule has 0 radical (unpaired) electrons. The fourth-order valence-corrected chi connectivity index (χ4v) is 4.19. The van der Waals surface area contributed by atoms with E-state index >= 15 is 0 Å². The van der Waals surface area contributed by atoms with Gasteiger partial charge in [-0.1, -0.05) is 6.07 Å². The van der Waals surface area contributed by atoms with Gasteiger partial charge in [0.25, 0.3) is 0 Å². The lowest BCUT2D eigenvalue weighted by atomic mass is 9.98. The number of hydrogen-bond donors (Lipinski definition) is 0. The monoisotopic (exact) mass is 331 g/mol. The van der Waals surface area contributed by atoms with Crippen molar-refractivity contribution in [1.29, 1.82) is 0 Å². The summed E-state index contributed by atoms with van der Waals surface area (Å²) >= 11 is 1.80. The number of carbonyl (C=O) groups excluding carboxylic acids is 1. The molecule has 0 saturated carbocycles. The molecule has 2 aromatic heterocycles. The Morgan fingerprint density at radius 2 is 2.17 bits per heavy atom. The first kappa shape index (κ1) is 14.8. The molecule has 6 nitrogen and oxygen atoms in total. The molecule has 4 rings (SSSR count). The van der Waals surface area contributed by atoms with E-state index in [1.54, 1.807) is 17.7 Å². The summed E-state index contributed by atoms with van der Waals surface area (Å²) in [5.74, 6) is 1.37. The van der Waals surface area contributed by atoms with Crippen LogP contribution in [0, 0.1) is 5.92 Å². The van der Waals surface area contributed by atoms with E-state index in [-0.39, 0.29) is 5.92 Å². The smallest absolute Gasteiger partial charge is 0.227 e. The number of aryl methyl sites for hydroxylation is 1. The van der Waals surface area contributed by atoms with Crippen molar-refractivity contribution in [3.05, 3.63) is 34.5 Å². The van der Waals surface area contributed by atoms with Gasteiger partial charge in [0.1, 0.15) is 12.2 Å². The Labute approximate surface area is 139 Å². The Hall–Kier alpha value is -1.73. The molecule has 1 amide bonds. The molecule has 2 aromatic rings. The molecule has 2 aliphatic rings. The lowest BCUT2D eigenvalue weighted by Crippen LogP contribution is -2.50. The summed E-state index contributed by atoms with van der Waals surface area (Å²) in [4.78, 5) is 22.9. The largest absolute Gasteiger partial charge is 0.340 e. The van der Waals surface area contributed by atoms with E-state index in [9.17, 15) is 4.79 Å². The van der Waals surface area contributed by atoms with Gasteiger partial charge in [-0.25, -0.2) is 9.67 Å². The van der Waals surface area contributed by atoms with Crippen LogP contribution in [0.15, 0.2) is 23.8 Å². The number of amides is 1. The maximum atomic E-state index is 12.8. The summed E-state index contributed by atoms with van der Waals surface area (Å²) in [6.07, 6.45) is 3.34. The zero-order valence-electron chi connectivity index (χ0n) is 13.1. The average molecular weight is 331 g/mol. The predicted octanol–water partition coefficient (Wildman–Crippen LogP) is 1.25. The number of piperazine rings is 1. The minimum absolute atomic E-state index is 0.0630. The summed E-state index contributed by atoms with van der Waals surface area (Å²) in [7, 11) is 0. The van der Waals surface area contributed by atoms with Crippen molar-refractivity contribution in [1.82, 2.24) is 24.6 Å². The molecule has 4 heterocycles. The van der Waals surface area contributed by atoms with Gasteiger partial charge in [0, 0.05) is 44.0 Å². The second kappa shape index (κ2) is 6.41. The molecule has 0 N–H and O–H groups in total. The van der Waals surface area contributed by atoms with Crippen molar-refractivity contribution in [3.63, 3.8) is 0 Å². The van der Waals surface area contributed by atoms with Crippen molar-refractivity contribution in [3.8, 4) is 0 Å². The SMILES string of the molecule is O=C(C1CCc2ncnn2C1)N1CCN(Cc2cccs2)CC1. The molecule has 2 aliphatic heterocycles. The minimum Gasteiger partial charge on any atom is -0.340 e. The van der Waals surface area contributed by atoms with Crippen LogP contribution in [0.3, 0.4) is 0 Å². The molecular weight excluding hydrogens is 310 g/mol. The first-order valence-electron chi connectivity index (χ1n) is 8.20. The van der Waals surface area contributed by atoms with E-state index in [0.717, 1.165) is 51.4 Å². The van der Waals surface area contributed by atoms with Crippen LogP contribution in [0.4, 0.5) is 0 Å². The predicted molar refractivity (Wildman–Crippen MR) is 88.0 cm³/mol. The lowest BCUT2D eigenvalue weighted by molar-refractivity contribution is -0.138. The lowest BCUT2D eigenvalue weighted by Gasteiger charge is -2.37. The third-order valence-electron chi connectivity index (χ3n) is 4.80. The Bertz CT molecular complexity index is 660. The third kappa shape index (κ3) is 3.16. The van der Waals surface area contributed by atoms with E-state index < -0.39 is 0 Å². The van der Waals surface area contributed by atoms with Gasteiger partial charge < -0.3 is 4.90 Å². The molecule has 1 atom stereocenters. The molecule has 1 unspecified atom stereocenters. The second-order valence-corrected chi connectivity index (χ2v) is 7.31. The molecule has 0 bridgehead atoms. The standard InChI is InChI=1S/C16H21N5OS/c22-16(13-3-4-15-17-12-18-21(15)10-13)20-7-5-19(6-8-20)11-14-2-1-9-23-14/h1-2,9,12-13H,3-8,10-11H2. The normalized spacial score (nSPS) is 22.1. The molecular formula is C16H21N5OS. The van der Waals surface area contributed by atoms with E-state index in [4.69, 9.17) is 0 Å². The average Bonchev–Trinajstić information content (AvgIpc) is 3.25. The number of rotatable bonds is 3. The second-order valence-electron chi connectivity index (χ2n) is 6.27. The topological polar surface area (TPSA) is 54.3 Å². The van der Waals surface area contributed by atoms with Gasteiger partial charge in [0.05, 0.1) is 12.5 Å². The van der Waals surface area contributed by atoms with Crippen LogP contribution in [0.2, 0.25) is 0 Å². The number of thiophene rings is 1. The summed E-state index contributed by atoms with van der Waals surface area (Å²) < 4.78 is 1.89. The van der Waals surface area contributed by atoms with Crippen molar-refractivity contribution in [2.45, 2.75) is 25.9 Å². The Morgan fingerprint density at radius 1 is 1.30 bits per heavy atom. The third-order valence-corrected chi connectivity index (χ3v) is 5.66. The first-order valence-corrected chi connectivity index (χ1v) is 9.08. The summed E-state index contributed by atoms with van der Waals surface area (Å²) in [6, 6.07) is 4.28. The fourth-order valence-electron chi connectivity index (χ4n) is 3.45. The van der Waals surface area contributed by atoms with E-state index in [2.05, 4.69) is 32.5 Å². The summed E-state index contributed by atoms with van der Waals surface area (Å²) in [5, 5.41) is 6.34. The van der Waals surface area contributed by atoms with Gasteiger partial charge in [0.15, 0.2) is 0 Å². The van der Waals surface area contributed by atoms with E-state index in [1.807, 2.05) is 9.58 Å². The van der Waals surface area contributed by atoms with Gasteiger partial charge in [0.2, 0.25) is 5.91 Å². The Kier molecular flexibility index (Phi) is 4.13. The van der Waals surface area contributed by atoms with Crippen molar-refractivity contribution >= 4 is 17.2 Å². The fraction of sp³-hybridized carbons (Fsp3) is 0.562. The molecule has 0 aromatic carbocycles. The number of carbonyl (C=O) groups is 1. The van der Waals surface area contributed by atoms with Gasteiger partial charge in [-0.2, -0.15) is 5.10 Å². The van der Waals surface area contributed by atoms with Crippen LogP contribution < -0.4 is 0 Å². The Morgan fingerprint density at radius 3 is 2.96 bits per heavy atom. The van der Waals surface area contributed by atoms with E-state index in [1.165, 1.54) is 4.88 Å². The number of fused-ring (bicyclic) bond motifs is 1. The number of aromatic nitrogens is 3. The van der Waals surface area contributed by atoms with Crippen molar-refractivity contribution in [2.24, 2.45) is 5.92 Å². The van der Waals surface area contributed by atoms with E-state index in [0.29, 0.717) is 12.5 Å². The highest BCUT2D eigenvalue weighted by molar-refractivity contribution is 7.09. The van der Waals surface area contributed by atoms with Crippen LogP contribution in [0.5, 0.6) is 0 Å². The number of hydrogen-bond acceptors (Lipinski definition) is 5. The molecule has 1 saturated heterocycles. The first-order chi connectivity index (χ1) is 11.3. The van der Waals surface area contributed by atoms with Gasteiger partial charge >= 0.3 is 0 Å². The summed E-state index contributed by atoms with van der Waals surface area (Å²) in [5.41, 5.74) is 0. The highest BCUT2D eigenvalue weighted by Gasteiger charge is 2.31. The summed E-state index contributed by atoms with van der Waals surface area (Å²) in [6.45, 7) is 5.29. The molecule has 23 heavy (non-hydrogen) atoms. The molecule has 1 fully saturated rings. The van der Waals surface area contributed by atoms with Crippen LogP contribution in [-0.4, -0.2) is 56.7 Å². The van der Waals surface area contributed by atoms with Crippen LogP contribution in [0.25, 0.3) is 0 Å². The van der Waals surface area contributed by atoms with Crippen LogP contribution in [0.1, 0.15) is 17.1 Å². The quantitative estimate of drug-likeness (QED) is 0.849. The van der Waals surface area contributed by atoms with Crippen LogP contribution >= 0.6 is 11.3 Å². The maximum absolute atomic E-state index is 12.8. The van der Waals surface area contributed by atoms with Crippen molar-refractivity contribution < 1.29 is 4.79 Å². The number of nitrogens with zero attached hydrogens (tertiary/aromatic N) is 5. The van der Waals surface area contributed by atoms with Crippen LogP contribution in [-0.2, 0) is 24.3 Å². The maximum Gasteiger partial charge on any atom is 0.227 e. The van der Waals surface area contributed by atoms with Crippen molar-refractivity contribution in [2.75, 3.05) is 26.2 Å². The zero-order valence-corrected chi connectivity index (χ0v) is 13.9. The van der Waals surface area contributed by atoms with Gasteiger partial charge in [-0.15, -0.1) is 11.3 Å².